The molecule has 29 heavy (non-hydrogen) atoms. The van der Waals surface area contributed by atoms with E-state index in [1.807, 2.05) is 13.1 Å². The van der Waals surface area contributed by atoms with Crippen LogP contribution in [0.2, 0.25) is 0 Å². The fourth-order valence-electron chi connectivity index (χ4n) is 3.62. The zero-order chi connectivity index (χ0) is 19.9. The van der Waals surface area contributed by atoms with Crippen molar-refractivity contribution in [1.29, 1.82) is 0 Å². The number of nitrogens with one attached hydrogen (secondary N) is 2. The van der Waals surface area contributed by atoms with Crippen LogP contribution in [0.15, 0.2) is 45.9 Å². The molecule has 1 atom stereocenters. The summed E-state index contributed by atoms with van der Waals surface area (Å²) in [7, 11) is 1.81. The summed E-state index contributed by atoms with van der Waals surface area (Å²) in [5.41, 5.74) is 2.37. The molecule has 0 spiro atoms. The molecule has 7 heteroatoms. The first-order chi connectivity index (χ1) is 13.6. The largest absolute Gasteiger partial charge is 0.359 e. The lowest BCUT2D eigenvalue weighted by atomic mass is 10.0. The average Bonchev–Trinajstić information content (AvgIpc) is 3.21. The standard InChI is InChI=1S/C22H33N5O.HI/c1-16(2)21-14-20(28-26-21)15-24-22(23-4)25-19-10-12-27(13-11-19)17(3)18-8-6-5-7-9-18;/h5-9,14,16-17,19H,10-13,15H2,1-4H3,(H2,23,24,25);1H. The van der Waals surface area contributed by atoms with Gasteiger partial charge in [-0.15, -0.1) is 24.0 Å². The lowest BCUT2D eigenvalue weighted by Gasteiger charge is -2.37. The summed E-state index contributed by atoms with van der Waals surface area (Å²) in [5.74, 6) is 2.02. The van der Waals surface area contributed by atoms with Gasteiger partial charge in [0.1, 0.15) is 0 Å². The molecule has 0 bridgehead atoms. The van der Waals surface area contributed by atoms with Gasteiger partial charge in [-0.3, -0.25) is 9.89 Å². The van der Waals surface area contributed by atoms with Crippen molar-refractivity contribution in [3.63, 3.8) is 0 Å². The number of hydrogen-bond donors (Lipinski definition) is 2. The molecule has 1 aromatic heterocycles. The summed E-state index contributed by atoms with van der Waals surface area (Å²) >= 11 is 0. The van der Waals surface area contributed by atoms with Crippen molar-refractivity contribution < 1.29 is 4.52 Å². The van der Waals surface area contributed by atoms with Crippen LogP contribution in [0.25, 0.3) is 0 Å². The molecule has 6 nitrogen and oxygen atoms in total. The van der Waals surface area contributed by atoms with Crippen LogP contribution in [0.3, 0.4) is 0 Å². The van der Waals surface area contributed by atoms with Gasteiger partial charge in [-0.2, -0.15) is 0 Å². The molecular formula is C22H34IN5O. The number of benzene rings is 1. The number of piperidine rings is 1. The van der Waals surface area contributed by atoms with Crippen molar-refractivity contribution in [3.8, 4) is 0 Å². The SMILES string of the molecule is CN=C(NCc1cc(C(C)C)no1)NC1CCN(C(C)c2ccccc2)CC1.I. The second-order valence-electron chi connectivity index (χ2n) is 7.84. The maximum Gasteiger partial charge on any atom is 0.191 e. The van der Waals surface area contributed by atoms with E-state index in [4.69, 9.17) is 4.52 Å². The fraction of sp³-hybridized carbons (Fsp3) is 0.545. The molecular weight excluding hydrogens is 477 g/mol. The fourth-order valence-corrected chi connectivity index (χ4v) is 3.62. The van der Waals surface area contributed by atoms with Gasteiger partial charge < -0.3 is 15.2 Å². The average molecular weight is 511 g/mol. The van der Waals surface area contributed by atoms with Gasteiger partial charge >= 0.3 is 0 Å². The first-order valence-electron chi connectivity index (χ1n) is 10.3. The summed E-state index contributed by atoms with van der Waals surface area (Å²) in [6, 6.07) is 13.7. The molecule has 1 unspecified atom stereocenters. The molecule has 3 rings (SSSR count). The highest BCUT2D eigenvalue weighted by atomic mass is 127. The summed E-state index contributed by atoms with van der Waals surface area (Å²) in [4.78, 5) is 6.92. The van der Waals surface area contributed by atoms with E-state index in [0.717, 1.165) is 43.3 Å². The molecule has 2 aromatic rings. The van der Waals surface area contributed by atoms with Gasteiger partial charge in [-0.05, 0) is 31.2 Å². The van der Waals surface area contributed by atoms with Crippen molar-refractivity contribution in [2.24, 2.45) is 4.99 Å². The van der Waals surface area contributed by atoms with E-state index in [1.54, 1.807) is 0 Å². The molecule has 0 aliphatic carbocycles. The molecule has 1 saturated heterocycles. The van der Waals surface area contributed by atoms with Crippen LogP contribution in [-0.2, 0) is 6.54 Å². The van der Waals surface area contributed by atoms with Gasteiger partial charge in [0.15, 0.2) is 11.7 Å². The van der Waals surface area contributed by atoms with Gasteiger partial charge in [0.05, 0.1) is 12.2 Å². The summed E-state index contributed by atoms with van der Waals surface area (Å²) in [5, 5.41) is 11.0. The highest BCUT2D eigenvalue weighted by molar-refractivity contribution is 14.0. The number of guanidine groups is 1. The van der Waals surface area contributed by atoms with Crippen molar-refractivity contribution in [2.45, 2.75) is 58.2 Å². The molecule has 1 aliphatic rings. The predicted molar refractivity (Wildman–Crippen MR) is 129 cm³/mol. The first-order valence-corrected chi connectivity index (χ1v) is 10.3. The van der Waals surface area contributed by atoms with E-state index in [9.17, 15) is 0 Å². The van der Waals surface area contributed by atoms with E-state index in [-0.39, 0.29) is 24.0 Å². The molecule has 2 N–H and O–H groups in total. The Morgan fingerprint density at radius 1 is 1.21 bits per heavy atom. The number of aromatic nitrogens is 1. The zero-order valence-corrected chi connectivity index (χ0v) is 20.2. The minimum atomic E-state index is 0. The van der Waals surface area contributed by atoms with E-state index in [2.05, 4.69) is 76.8 Å². The summed E-state index contributed by atoms with van der Waals surface area (Å²) in [6.07, 6.45) is 2.22. The first kappa shape index (κ1) is 23.7. The smallest absolute Gasteiger partial charge is 0.191 e. The molecule has 0 amide bonds. The Hall–Kier alpha value is -1.61. The van der Waals surface area contributed by atoms with Gasteiger partial charge in [0, 0.05) is 38.3 Å². The maximum absolute atomic E-state index is 5.39. The molecule has 0 radical (unpaired) electrons. The van der Waals surface area contributed by atoms with Crippen LogP contribution < -0.4 is 10.6 Å². The Bertz CT molecular complexity index is 754. The van der Waals surface area contributed by atoms with Crippen LogP contribution in [0.4, 0.5) is 0 Å². The predicted octanol–water partition coefficient (Wildman–Crippen LogP) is 4.31. The van der Waals surface area contributed by atoms with Crippen LogP contribution in [-0.4, -0.2) is 42.2 Å². The number of halogens is 1. The van der Waals surface area contributed by atoms with Crippen molar-refractivity contribution in [3.05, 3.63) is 53.4 Å². The van der Waals surface area contributed by atoms with Crippen LogP contribution in [0, 0.1) is 0 Å². The van der Waals surface area contributed by atoms with Crippen LogP contribution in [0.1, 0.15) is 62.6 Å². The Labute approximate surface area is 191 Å². The van der Waals surface area contributed by atoms with E-state index < -0.39 is 0 Å². The number of aliphatic imine (C=N–C) groups is 1. The minimum Gasteiger partial charge on any atom is -0.359 e. The second kappa shape index (κ2) is 11.5. The molecule has 1 aliphatic heterocycles. The molecule has 2 heterocycles. The van der Waals surface area contributed by atoms with Crippen molar-refractivity contribution in [2.75, 3.05) is 20.1 Å². The molecule has 160 valence electrons. The highest BCUT2D eigenvalue weighted by Gasteiger charge is 2.24. The number of rotatable bonds is 6. The van der Waals surface area contributed by atoms with Crippen LogP contribution in [0.5, 0.6) is 0 Å². The monoisotopic (exact) mass is 511 g/mol. The Morgan fingerprint density at radius 3 is 2.48 bits per heavy atom. The highest BCUT2D eigenvalue weighted by Crippen LogP contribution is 2.24. The van der Waals surface area contributed by atoms with E-state index in [0.29, 0.717) is 24.5 Å². The number of nitrogens with zero attached hydrogens (tertiary/aromatic N) is 3. The Morgan fingerprint density at radius 2 is 1.90 bits per heavy atom. The third-order valence-electron chi connectivity index (χ3n) is 5.52. The summed E-state index contributed by atoms with van der Waals surface area (Å²) < 4.78 is 5.39. The Balaban J connectivity index is 0.00000300. The van der Waals surface area contributed by atoms with E-state index in [1.165, 1.54) is 5.56 Å². The Kier molecular flexibility index (Phi) is 9.42. The third-order valence-corrected chi connectivity index (χ3v) is 5.52. The van der Waals surface area contributed by atoms with Crippen LogP contribution >= 0.6 is 24.0 Å². The summed E-state index contributed by atoms with van der Waals surface area (Å²) in [6.45, 7) is 9.28. The zero-order valence-electron chi connectivity index (χ0n) is 17.9. The lowest BCUT2D eigenvalue weighted by Crippen LogP contribution is -2.48. The number of likely N-dealkylation sites (tertiary alicyclic amines) is 1. The lowest BCUT2D eigenvalue weighted by molar-refractivity contribution is 0.158. The maximum atomic E-state index is 5.39. The van der Waals surface area contributed by atoms with Crippen molar-refractivity contribution >= 4 is 29.9 Å². The molecule has 0 saturated carbocycles. The normalized spacial score (nSPS) is 17.1. The quantitative estimate of drug-likeness (QED) is 0.344. The second-order valence-corrected chi connectivity index (χ2v) is 7.84. The topological polar surface area (TPSA) is 65.7 Å². The van der Waals surface area contributed by atoms with Gasteiger partial charge in [0.2, 0.25) is 0 Å². The number of hydrogen-bond acceptors (Lipinski definition) is 4. The van der Waals surface area contributed by atoms with Gasteiger partial charge in [0.25, 0.3) is 0 Å². The molecule has 1 aromatic carbocycles. The third kappa shape index (κ3) is 6.70. The van der Waals surface area contributed by atoms with E-state index >= 15 is 0 Å². The molecule has 1 fully saturated rings. The van der Waals surface area contributed by atoms with Gasteiger partial charge in [-0.25, -0.2) is 0 Å². The van der Waals surface area contributed by atoms with Gasteiger partial charge in [-0.1, -0.05) is 49.3 Å². The minimum absolute atomic E-state index is 0. The van der Waals surface area contributed by atoms with Crippen molar-refractivity contribution in [1.82, 2.24) is 20.7 Å².